The topological polar surface area (TPSA) is 42.7 Å². The molecule has 0 radical (unpaired) electrons. The molecule has 1 aliphatic heterocycles. The van der Waals surface area contributed by atoms with Crippen molar-refractivity contribution < 1.29 is 4.74 Å². The Balaban J connectivity index is 1.93. The van der Waals surface area contributed by atoms with Gasteiger partial charge in [0.15, 0.2) is 17.2 Å². The minimum atomic E-state index is 0.0179. The van der Waals surface area contributed by atoms with Crippen LogP contribution in [0.3, 0.4) is 0 Å². The van der Waals surface area contributed by atoms with Gasteiger partial charge < -0.3 is 9.64 Å². The van der Waals surface area contributed by atoms with E-state index in [1.165, 1.54) is 12.0 Å². The molecule has 5 heteroatoms. The Labute approximate surface area is 137 Å². The lowest BCUT2D eigenvalue weighted by Crippen LogP contribution is -2.62. The summed E-state index contributed by atoms with van der Waals surface area (Å²) in [7, 11) is 0. The molecule has 0 aromatic carbocycles. The van der Waals surface area contributed by atoms with Crippen LogP contribution in [-0.4, -0.2) is 32.3 Å². The number of aromatic nitrogens is 3. The predicted molar refractivity (Wildman–Crippen MR) is 91.4 cm³/mol. The van der Waals surface area contributed by atoms with Crippen LogP contribution in [0.4, 0.5) is 5.82 Å². The molecule has 4 rings (SSSR count). The van der Waals surface area contributed by atoms with Crippen LogP contribution in [-0.2, 0) is 5.41 Å². The normalized spacial score (nSPS) is 24.0. The summed E-state index contributed by atoms with van der Waals surface area (Å²) in [6.07, 6.45) is 6.53. The summed E-state index contributed by atoms with van der Waals surface area (Å²) in [6.45, 7) is 13.4. The van der Waals surface area contributed by atoms with Crippen molar-refractivity contribution in [2.45, 2.75) is 77.5 Å². The number of hydrogen-bond donors (Lipinski definition) is 0. The number of hydrogen-bond acceptors (Lipinski definition) is 4. The molecule has 1 aliphatic carbocycles. The van der Waals surface area contributed by atoms with Crippen LogP contribution in [0, 0.1) is 0 Å². The molecule has 1 saturated carbocycles. The Bertz CT molecular complexity index is 766. The van der Waals surface area contributed by atoms with Gasteiger partial charge in [0.2, 0.25) is 0 Å². The maximum atomic E-state index is 6.19. The van der Waals surface area contributed by atoms with Gasteiger partial charge >= 0.3 is 0 Å². The third kappa shape index (κ3) is 2.12. The highest BCUT2D eigenvalue weighted by Gasteiger charge is 2.47. The average molecular weight is 314 g/mol. The van der Waals surface area contributed by atoms with E-state index in [1.807, 2.05) is 16.9 Å². The minimum absolute atomic E-state index is 0.0179. The monoisotopic (exact) mass is 314 g/mol. The molecule has 1 fully saturated rings. The van der Waals surface area contributed by atoms with Crippen LogP contribution >= 0.6 is 0 Å². The second kappa shape index (κ2) is 4.40. The maximum absolute atomic E-state index is 6.19. The van der Waals surface area contributed by atoms with Gasteiger partial charge in [0.1, 0.15) is 6.10 Å². The number of nitrogens with zero attached hydrogens (tertiary/aromatic N) is 4. The van der Waals surface area contributed by atoms with E-state index in [1.54, 1.807) is 0 Å². The second-order valence-electron chi connectivity index (χ2n) is 8.85. The second-order valence-corrected chi connectivity index (χ2v) is 8.85. The van der Waals surface area contributed by atoms with E-state index in [0.29, 0.717) is 12.1 Å². The van der Waals surface area contributed by atoms with Gasteiger partial charge in [-0.2, -0.15) is 5.10 Å². The lowest BCUT2D eigenvalue weighted by atomic mass is 9.83. The molecule has 2 aliphatic rings. The SMILES string of the molecule is CC(C)(C)c1cnn2cc3c(nc12)N(C(C)(C)C)[C@H]1CC[C@H]1O3. The third-order valence-corrected chi connectivity index (χ3v) is 4.99. The van der Waals surface area contributed by atoms with Crippen LogP contribution in [0.1, 0.15) is 59.9 Å². The van der Waals surface area contributed by atoms with Crippen molar-refractivity contribution in [1.29, 1.82) is 0 Å². The zero-order chi connectivity index (χ0) is 16.6. The zero-order valence-corrected chi connectivity index (χ0v) is 14.9. The highest BCUT2D eigenvalue weighted by molar-refractivity contribution is 5.64. The molecule has 0 N–H and O–H groups in total. The zero-order valence-electron chi connectivity index (χ0n) is 14.9. The molecular formula is C18H26N4O. The highest BCUT2D eigenvalue weighted by Crippen LogP contribution is 2.45. The molecule has 2 aromatic heterocycles. The summed E-state index contributed by atoms with van der Waals surface area (Å²) in [4.78, 5) is 7.47. The van der Waals surface area contributed by atoms with Gasteiger partial charge in [-0.15, -0.1) is 0 Å². The number of rotatable bonds is 0. The lowest BCUT2D eigenvalue weighted by Gasteiger charge is -2.53. The van der Waals surface area contributed by atoms with Gasteiger partial charge in [0, 0.05) is 11.1 Å². The van der Waals surface area contributed by atoms with Crippen LogP contribution in [0.25, 0.3) is 5.65 Å². The molecule has 5 nitrogen and oxygen atoms in total. The van der Waals surface area contributed by atoms with Gasteiger partial charge in [-0.1, -0.05) is 20.8 Å². The average Bonchev–Trinajstić information content (AvgIpc) is 2.80. The lowest BCUT2D eigenvalue weighted by molar-refractivity contribution is 0.0616. The molecule has 23 heavy (non-hydrogen) atoms. The van der Waals surface area contributed by atoms with E-state index in [9.17, 15) is 0 Å². The van der Waals surface area contributed by atoms with Crippen molar-refractivity contribution in [3.63, 3.8) is 0 Å². The predicted octanol–water partition coefficient (Wildman–Crippen LogP) is 3.56. The van der Waals surface area contributed by atoms with Crippen molar-refractivity contribution in [2.75, 3.05) is 4.90 Å². The molecule has 3 heterocycles. The van der Waals surface area contributed by atoms with E-state index < -0.39 is 0 Å². The van der Waals surface area contributed by atoms with E-state index in [-0.39, 0.29) is 11.0 Å². The van der Waals surface area contributed by atoms with Crippen LogP contribution in [0.2, 0.25) is 0 Å². The van der Waals surface area contributed by atoms with E-state index in [0.717, 1.165) is 23.6 Å². The standard InChI is InChI=1S/C18H26N4O/c1-17(2,3)11-9-19-21-10-14-16(20-15(11)21)22(18(4,5)6)12-7-8-13(12)23-14/h9-10,12-13H,7-8H2,1-6H3/t12-,13+/m0/s1. The van der Waals surface area contributed by atoms with Crippen LogP contribution < -0.4 is 9.64 Å². The summed E-state index contributed by atoms with van der Waals surface area (Å²) < 4.78 is 8.05. The highest BCUT2D eigenvalue weighted by atomic mass is 16.5. The van der Waals surface area contributed by atoms with Crippen molar-refractivity contribution in [3.8, 4) is 5.75 Å². The first-order valence-corrected chi connectivity index (χ1v) is 8.51. The van der Waals surface area contributed by atoms with E-state index in [2.05, 4.69) is 51.5 Å². The maximum Gasteiger partial charge on any atom is 0.180 e. The fourth-order valence-corrected chi connectivity index (χ4v) is 3.69. The largest absolute Gasteiger partial charge is 0.483 e. The van der Waals surface area contributed by atoms with Crippen LogP contribution in [0.5, 0.6) is 5.75 Å². The molecule has 0 bridgehead atoms. The van der Waals surface area contributed by atoms with E-state index in [4.69, 9.17) is 9.72 Å². The Hall–Kier alpha value is -1.78. The molecule has 2 aromatic rings. The number of ether oxygens (including phenoxy) is 1. The van der Waals surface area contributed by atoms with E-state index >= 15 is 0 Å². The van der Waals surface area contributed by atoms with Crippen molar-refractivity contribution in [3.05, 3.63) is 18.0 Å². The van der Waals surface area contributed by atoms with Crippen molar-refractivity contribution in [2.24, 2.45) is 0 Å². The smallest absolute Gasteiger partial charge is 0.180 e. The fourth-order valence-electron chi connectivity index (χ4n) is 3.69. The van der Waals surface area contributed by atoms with Gasteiger partial charge in [0.25, 0.3) is 0 Å². The fraction of sp³-hybridized carbons (Fsp3) is 0.667. The summed E-state index contributed by atoms with van der Waals surface area (Å²) in [6, 6.07) is 0.443. The molecule has 0 spiro atoms. The Morgan fingerprint density at radius 1 is 1.13 bits per heavy atom. The summed E-state index contributed by atoms with van der Waals surface area (Å²) in [5.74, 6) is 1.83. The first kappa shape index (κ1) is 14.8. The molecule has 2 atom stereocenters. The molecule has 124 valence electrons. The summed E-state index contributed by atoms with van der Waals surface area (Å²) in [5, 5.41) is 4.50. The Kier molecular flexibility index (Phi) is 2.83. The molecule has 0 unspecified atom stereocenters. The van der Waals surface area contributed by atoms with Gasteiger partial charge in [-0.05, 0) is 39.0 Å². The summed E-state index contributed by atoms with van der Waals surface area (Å²) >= 11 is 0. The first-order chi connectivity index (χ1) is 10.7. The molecule has 0 amide bonds. The van der Waals surface area contributed by atoms with Gasteiger partial charge in [-0.3, -0.25) is 0 Å². The Morgan fingerprint density at radius 2 is 1.87 bits per heavy atom. The van der Waals surface area contributed by atoms with Gasteiger partial charge in [0.05, 0.1) is 18.4 Å². The minimum Gasteiger partial charge on any atom is -0.483 e. The third-order valence-electron chi connectivity index (χ3n) is 4.99. The number of anilines is 1. The van der Waals surface area contributed by atoms with Crippen LogP contribution in [0.15, 0.2) is 12.4 Å². The Morgan fingerprint density at radius 3 is 2.43 bits per heavy atom. The quantitative estimate of drug-likeness (QED) is 0.746. The summed E-state index contributed by atoms with van der Waals surface area (Å²) in [5.41, 5.74) is 2.15. The van der Waals surface area contributed by atoms with Crippen molar-refractivity contribution >= 4 is 11.5 Å². The first-order valence-electron chi connectivity index (χ1n) is 8.51. The van der Waals surface area contributed by atoms with Gasteiger partial charge in [-0.25, -0.2) is 9.50 Å². The van der Waals surface area contributed by atoms with Crippen molar-refractivity contribution in [1.82, 2.24) is 14.6 Å². The molecule has 0 saturated heterocycles. The number of fused-ring (bicyclic) bond motifs is 3. The molecular weight excluding hydrogens is 288 g/mol.